The van der Waals surface area contributed by atoms with Gasteiger partial charge in [0.2, 0.25) is 5.91 Å². The molecule has 2 aliphatic rings. The largest absolute Gasteiger partial charge is 0.325 e. The summed E-state index contributed by atoms with van der Waals surface area (Å²) in [6.45, 7) is 1.95. The summed E-state index contributed by atoms with van der Waals surface area (Å²) >= 11 is 6.31. The summed E-state index contributed by atoms with van der Waals surface area (Å²) in [6.07, 6.45) is 10.0. The number of fused-ring (bicyclic) bond motifs is 1. The van der Waals surface area contributed by atoms with Gasteiger partial charge >= 0.3 is 0 Å². The molecular weight excluding hydrogens is 612 g/mol. The maximum Gasteiger partial charge on any atom is 0.247 e. The second kappa shape index (κ2) is 14.1. The summed E-state index contributed by atoms with van der Waals surface area (Å²) in [5.41, 5.74) is 6.17. The highest BCUT2D eigenvalue weighted by Crippen LogP contribution is 2.41. The van der Waals surface area contributed by atoms with E-state index in [0.717, 1.165) is 36.8 Å². The zero-order chi connectivity index (χ0) is 33.1. The van der Waals surface area contributed by atoms with Crippen LogP contribution in [0.2, 0.25) is 5.02 Å². The molecule has 1 amide bonds. The Morgan fingerprint density at radius 2 is 1.72 bits per heavy atom. The smallest absolute Gasteiger partial charge is 0.247 e. The third kappa shape index (κ3) is 7.11. The van der Waals surface area contributed by atoms with Crippen LogP contribution in [-0.4, -0.2) is 74.2 Å². The molecule has 1 atom stereocenters. The molecule has 0 saturated heterocycles. The molecule has 6 rings (SSSR count). The minimum absolute atomic E-state index is 0.0252. The first-order valence-corrected chi connectivity index (χ1v) is 16.5. The van der Waals surface area contributed by atoms with Gasteiger partial charge in [0.15, 0.2) is 11.6 Å². The Balaban J connectivity index is 1.32. The van der Waals surface area contributed by atoms with Crippen molar-refractivity contribution in [1.82, 2.24) is 30.0 Å². The minimum atomic E-state index is -0.736. The molecule has 1 aliphatic carbocycles. The predicted octanol–water partition coefficient (Wildman–Crippen LogP) is 6.06. The molecule has 4 aromatic rings. The van der Waals surface area contributed by atoms with Crippen molar-refractivity contribution in [2.24, 2.45) is 0 Å². The van der Waals surface area contributed by atoms with E-state index in [1.54, 1.807) is 41.3 Å². The van der Waals surface area contributed by atoms with Gasteiger partial charge in [0.25, 0.3) is 0 Å². The summed E-state index contributed by atoms with van der Waals surface area (Å²) in [4.78, 5) is 44.1. The van der Waals surface area contributed by atoms with Crippen molar-refractivity contribution in [1.29, 1.82) is 0 Å². The summed E-state index contributed by atoms with van der Waals surface area (Å²) in [7, 11) is 4.30. The molecule has 10 heteroatoms. The number of carbonyl (C=O) groups is 3. The average molecular weight is 651 g/mol. The van der Waals surface area contributed by atoms with E-state index >= 15 is 0 Å². The normalized spacial score (nSPS) is 19.6. The monoisotopic (exact) mass is 650 g/mol. The SMILES string of the molecule is CC(=O)c1ccc(CC(=O)C2c3cccc(C4CCC(N(C)C)CC4)c3CCN2C(=O)/C=C/c2cc(Cl)ccc2-n2cnnn2)cc1. The van der Waals surface area contributed by atoms with Crippen LogP contribution in [-0.2, 0) is 22.4 Å². The maximum atomic E-state index is 14.3. The summed E-state index contributed by atoms with van der Waals surface area (Å²) < 4.78 is 1.51. The van der Waals surface area contributed by atoms with Crippen molar-refractivity contribution in [3.63, 3.8) is 0 Å². The molecule has 1 aliphatic heterocycles. The first-order valence-electron chi connectivity index (χ1n) is 16.1. The summed E-state index contributed by atoms with van der Waals surface area (Å²) in [6, 6.07) is 18.6. The molecule has 9 nitrogen and oxygen atoms in total. The van der Waals surface area contributed by atoms with Gasteiger partial charge in [-0.15, -0.1) is 5.10 Å². The van der Waals surface area contributed by atoms with E-state index in [9.17, 15) is 14.4 Å². The lowest BCUT2D eigenvalue weighted by Crippen LogP contribution is -2.43. The molecule has 0 bridgehead atoms. The third-order valence-corrected chi connectivity index (χ3v) is 9.88. The van der Waals surface area contributed by atoms with Gasteiger partial charge in [0, 0.05) is 41.2 Å². The lowest BCUT2D eigenvalue weighted by Gasteiger charge is -2.39. The fraction of sp³-hybridized carbons (Fsp3) is 0.351. The molecule has 0 radical (unpaired) electrons. The highest BCUT2D eigenvalue weighted by Gasteiger charge is 2.37. The predicted molar refractivity (Wildman–Crippen MR) is 182 cm³/mol. The number of tetrazole rings is 1. The first-order chi connectivity index (χ1) is 22.7. The number of Topliss-reactive ketones (excluding diaryl/α,β-unsaturated/α-hetero) is 2. The van der Waals surface area contributed by atoms with Crippen molar-refractivity contribution in [3.8, 4) is 5.69 Å². The lowest BCUT2D eigenvalue weighted by molar-refractivity contribution is -0.136. The number of benzene rings is 3. The van der Waals surface area contributed by atoms with E-state index in [1.165, 1.54) is 35.1 Å². The fourth-order valence-electron chi connectivity index (χ4n) is 7.12. The van der Waals surface area contributed by atoms with Crippen molar-refractivity contribution < 1.29 is 14.4 Å². The molecule has 1 aromatic heterocycles. The van der Waals surface area contributed by atoms with Gasteiger partial charge in [-0.1, -0.05) is 54.1 Å². The van der Waals surface area contributed by atoms with Crippen LogP contribution in [0.1, 0.15) is 82.7 Å². The second-order valence-corrected chi connectivity index (χ2v) is 13.2. The van der Waals surface area contributed by atoms with Crippen LogP contribution < -0.4 is 0 Å². The Morgan fingerprint density at radius 1 is 0.979 bits per heavy atom. The number of hydrogen-bond donors (Lipinski definition) is 0. The topological polar surface area (TPSA) is 101 Å². The Morgan fingerprint density at radius 3 is 2.40 bits per heavy atom. The molecule has 47 heavy (non-hydrogen) atoms. The first kappa shape index (κ1) is 32.5. The Bertz CT molecular complexity index is 1790. The number of amides is 1. The fourth-order valence-corrected chi connectivity index (χ4v) is 7.30. The van der Waals surface area contributed by atoms with E-state index < -0.39 is 6.04 Å². The number of ketones is 2. The van der Waals surface area contributed by atoms with Crippen molar-refractivity contribution in [2.45, 2.75) is 63.5 Å². The maximum absolute atomic E-state index is 14.3. The van der Waals surface area contributed by atoms with Crippen LogP contribution in [0.25, 0.3) is 11.8 Å². The van der Waals surface area contributed by atoms with Gasteiger partial charge in [0.05, 0.1) is 5.69 Å². The number of hydrogen-bond acceptors (Lipinski definition) is 7. The lowest BCUT2D eigenvalue weighted by atomic mass is 9.76. The molecule has 242 valence electrons. The molecule has 0 spiro atoms. The molecule has 1 saturated carbocycles. The van der Waals surface area contributed by atoms with E-state index in [4.69, 9.17) is 11.6 Å². The Hall–Kier alpha value is -4.47. The van der Waals surface area contributed by atoms with Crippen molar-refractivity contribution in [3.05, 3.63) is 111 Å². The van der Waals surface area contributed by atoms with Crippen LogP contribution in [0.4, 0.5) is 0 Å². The number of rotatable bonds is 9. The van der Waals surface area contributed by atoms with Crippen molar-refractivity contribution >= 4 is 35.2 Å². The second-order valence-electron chi connectivity index (χ2n) is 12.8. The van der Waals surface area contributed by atoms with Gasteiger partial charge in [0.1, 0.15) is 12.4 Å². The standard InChI is InChI=1S/C37H39ClN6O3/c1-24(45)26-9-7-25(8-10-26)21-35(46)37-33-6-4-5-31(27-11-15-30(16-12-27)42(2)3)32(33)19-20-43(37)36(47)18-13-28-22-29(38)14-17-34(28)44-23-39-40-41-44/h4-10,13-14,17-18,22-23,27,30,37H,11-12,15-16,19-21H2,1-3H3/b18-13+. The van der Waals surface area contributed by atoms with Gasteiger partial charge in [-0.2, -0.15) is 4.68 Å². The van der Waals surface area contributed by atoms with E-state index in [2.05, 4.69) is 40.6 Å². The van der Waals surface area contributed by atoms with Gasteiger partial charge < -0.3 is 9.80 Å². The molecule has 0 N–H and O–H groups in total. The van der Waals surface area contributed by atoms with Crippen LogP contribution in [0.3, 0.4) is 0 Å². The third-order valence-electron chi connectivity index (χ3n) is 9.64. The van der Waals surface area contributed by atoms with E-state index in [-0.39, 0.29) is 23.9 Å². The van der Waals surface area contributed by atoms with Gasteiger partial charge in [-0.05, 0) is 116 Å². The van der Waals surface area contributed by atoms with Crippen LogP contribution >= 0.6 is 11.6 Å². The minimum Gasteiger partial charge on any atom is -0.325 e. The molecule has 3 aromatic carbocycles. The van der Waals surface area contributed by atoms with E-state index in [0.29, 0.717) is 46.8 Å². The number of nitrogens with zero attached hydrogens (tertiary/aromatic N) is 6. The number of aromatic nitrogens is 4. The van der Waals surface area contributed by atoms with Crippen LogP contribution in [0.5, 0.6) is 0 Å². The number of carbonyl (C=O) groups excluding carboxylic acids is 3. The molecular formula is C37H39ClN6O3. The van der Waals surface area contributed by atoms with Crippen LogP contribution in [0.15, 0.2) is 73.1 Å². The average Bonchev–Trinajstić information content (AvgIpc) is 3.61. The zero-order valence-electron chi connectivity index (χ0n) is 27.0. The summed E-state index contributed by atoms with van der Waals surface area (Å²) in [5, 5.41) is 11.9. The van der Waals surface area contributed by atoms with E-state index in [1.807, 2.05) is 24.3 Å². The van der Waals surface area contributed by atoms with Gasteiger partial charge in [-0.3, -0.25) is 14.4 Å². The Kier molecular flexibility index (Phi) is 9.75. The highest BCUT2D eigenvalue weighted by molar-refractivity contribution is 6.30. The highest BCUT2D eigenvalue weighted by atomic mass is 35.5. The van der Waals surface area contributed by atoms with Gasteiger partial charge in [-0.25, -0.2) is 0 Å². The quantitative estimate of drug-likeness (QED) is 0.160. The molecule has 1 fully saturated rings. The summed E-state index contributed by atoms with van der Waals surface area (Å²) in [5.74, 6) is 0.0859. The Labute approximate surface area is 280 Å². The van der Waals surface area contributed by atoms with Crippen molar-refractivity contribution in [2.75, 3.05) is 20.6 Å². The molecule has 2 heterocycles. The molecule has 1 unspecified atom stereocenters. The number of halogens is 1. The zero-order valence-corrected chi connectivity index (χ0v) is 27.7. The van der Waals surface area contributed by atoms with Crippen LogP contribution in [0, 0.1) is 0 Å².